The van der Waals surface area contributed by atoms with Crippen LogP contribution in [0.2, 0.25) is 0 Å². The highest BCUT2D eigenvalue weighted by Crippen LogP contribution is 2.17. The van der Waals surface area contributed by atoms with E-state index in [0.717, 1.165) is 0 Å². The first-order chi connectivity index (χ1) is 8.45. The van der Waals surface area contributed by atoms with Gasteiger partial charge in [0.2, 0.25) is 5.91 Å². The summed E-state index contributed by atoms with van der Waals surface area (Å²) in [6.07, 6.45) is 1.75. The van der Waals surface area contributed by atoms with Crippen LogP contribution in [-0.4, -0.2) is 29.0 Å². The van der Waals surface area contributed by atoms with Gasteiger partial charge in [-0.3, -0.25) is 4.79 Å². The molecule has 6 heteroatoms. The van der Waals surface area contributed by atoms with E-state index in [9.17, 15) is 14.0 Å². The fraction of sp³-hybridized carbons (Fsp3) is 0.333. The van der Waals surface area contributed by atoms with E-state index in [1.807, 2.05) is 0 Å². The van der Waals surface area contributed by atoms with Crippen LogP contribution in [0, 0.1) is 12.7 Å². The van der Waals surface area contributed by atoms with E-state index >= 15 is 0 Å². The highest BCUT2D eigenvalue weighted by Gasteiger charge is 2.22. The van der Waals surface area contributed by atoms with Crippen LogP contribution in [-0.2, 0) is 9.59 Å². The number of carboxylic acids is 1. The lowest BCUT2D eigenvalue weighted by molar-refractivity contribution is -0.141. The summed E-state index contributed by atoms with van der Waals surface area (Å²) in [5.74, 6) is -1.75. The topological polar surface area (TPSA) is 66.4 Å². The van der Waals surface area contributed by atoms with Gasteiger partial charge in [-0.25, -0.2) is 9.18 Å². The highest BCUT2D eigenvalue weighted by molar-refractivity contribution is 7.99. The van der Waals surface area contributed by atoms with Crippen molar-refractivity contribution in [1.29, 1.82) is 0 Å². The molecule has 0 aliphatic heterocycles. The Balaban J connectivity index is 2.94. The second kappa shape index (κ2) is 6.39. The van der Waals surface area contributed by atoms with Crippen LogP contribution in [0.15, 0.2) is 18.2 Å². The summed E-state index contributed by atoms with van der Waals surface area (Å²) in [5.41, 5.74) is 0.703. The Bertz CT molecular complexity index is 465. The molecular formula is C12H14FNO3S. The number of aliphatic carboxylic acids is 1. The molecule has 0 saturated heterocycles. The normalized spacial score (nSPS) is 11.9. The third kappa shape index (κ3) is 3.73. The standard InChI is InChI=1S/C12H14FNO3S/c1-7-5-8(3-4-9(7)13)11(12(16)17)14-10(15)6-18-2/h3-5,11H,6H2,1-2H3,(H,14,15)(H,16,17). The smallest absolute Gasteiger partial charge is 0.330 e. The van der Waals surface area contributed by atoms with Crippen LogP contribution in [0.3, 0.4) is 0 Å². The Morgan fingerprint density at radius 1 is 1.50 bits per heavy atom. The van der Waals surface area contributed by atoms with E-state index in [1.54, 1.807) is 13.2 Å². The molecule has 1 unspecified atom stereocenters. The molecule has 0 spiro atoms. The van der Waals surface area contributed by atoms with Gasteiger partial charge in [0.25, 0.3) is 0 Å². The third-order valence-electron chi connectivity index (χ3n) is 2.34. The van der Waals surface area contributed by atoms with Crippen molar-refractivity contribution < 1.29 is 19.1 Å². The summed E-state index contributed by atoms with van der Waals surface area (Å²) < 4.78 is 13.1. The largest absolute Gasteiger partial charge is 0.479 e. The van der Waals surface area contributed by atoms with Crippen molar-refractivity contribution in [3.63, 3.8) is 0 Å². The fourth-order valence-electron chi connectivity index (χ4n) is 1.47. The molecule has 0 heterocycles. The number of benzene rings is 1. The Kier molecular flexibility index (Phi) is 5.15. The molecule has 18 heavy (non-hydrogen) atoms. The zero-order valence-electron chi connectivity index (χ0n) is 10.1. The van der Waals surface area contributed by atoms with Crippen LogP contribution >= 0.6 is 11.8 Å². The molecule has 2 N–H and O–H groups in total. The molecule has 4 nitrogen and oxygen atoms in total. The van der Waals surface area contributed by atoms with Crippen LogP contribution in [0.1, 0.15) is 17.2 Å². The van der Waals surface area contributed by atoms with Crippen molar-refractivity contribution in [2.75, 3.05) is 12.0 Å². The minimum Gasteiger partial charge on any atom is -0.479 e. The zero-order valence-corrected chi connectivity index (χ0v) is 10.9. The van der Waals surface area contributed by atoms with Gasteiger partial charge >= 0.3 is 5.97 Å². The summed E-state index contributed by atoms with van der Waals surface area (Å²) >= 11 is 1.30. The van der Waals surface area contributed by atoms with E-state index < -0.39 is 17.8 Å². The van der Waals surface area contributed by atoms with Gasteiger partial charge in [-0.15, -0.1) is 0 Å². The number of nitrogens with one attached hydrogen (secondary N) is 1. The molecule has 98 valence electrons. The average molecular weight is 271 g/mol. The predicted octanol–water partition coefficient (Wildman–Crippen LogP) is 1.74. The molecule has 0 bridgehead atoms. The summed E-state index contributed by atoms with van der Waals surface area (Å²) in [6.45, 7) is 1.54. The summed E-state index contributed by atoms with van der Waals surface area (Å²) in [6, 6.07) is 2.83. The Hall–Kier alpha value is -1.56. The Labute approximate surface area is 109 Å². The van der Waals surface area contributed by atoms with Gasteiger partial charge in [0.1, 0.15) is 5.82 Å². The molecular weight excluding hydrogens is 257 g/mol. The Morgan fingerprint density at radius 3 is 2.67 bits per heavy atom. The maximum atomic E-state index is 13.1. The monoisotopic (exact) mass is 271 g/mol. The average Bonchev–Trinajstić information content (AvgIpc) is 2.30. The first-order valence-electron chi connectivity index (χ1n) is 5.23. The number of hydrogen-bond acceptors (Lipinski definition) is 3. The van der Waals surface area contributed by atoms with E-state index in [1.165, 1.54) is 30.0 Å². The molecule has 0 aliphatic rings. The van der Waals surface area contributed by atoms with Crippen LogP contribution in [0.4, 0.5) is 4.39 Å². The van der Waals surface area contributed by atoms with Crippen molar-refractivity contribution in [3.05, 3.63) is 35.1 Å². The molecule has 1 rings (SSSR count). The van der Waals surface area contributed by atoms with Crippen LogP contribution in [0.5, 0.6) is 0 Å². The summed E-state index contributed by atoms with van der Waals surface area (Å²) in [5, 5.41) is 11.5. The number of hydrogen-bond donors (Lipinski definition) is 2. The number of aryl methyl sites for hydroxylation is 1. The summed E-state index contributed by atoms with van der Waals surface area (Å²) in [7, 11) is 0. The van der Waals surface area contributed by atoms with Crippen molar-refractivity contribution in [2.24, 2.45) is 0 Å². The zero-order chi connectivity index (χ0) is 13.7. The number of halogens is 1. The number of carbonyl (C=O) groups excluding carboxylic acids is 1. The number of amides is 1. The van der Waals surface area contributed by atoms with Crippen LogP contribution in [0.25, 0.3) is 0 Å². The molecule has 1 amide bonds. The van der Waals surface area contributed by atoms with Crippen molar-refractivity contribution in [2.45, 2.75) is 13.0 Å². The second-order valence-electron chi connectivity index (χ2n) is 3.78. The quantitative estimate of drug-likeness (QED) is 0.856. The first-order valence-corrected chi connectivity index (χ1v) is 6.62. The van der Waals surface area contributed by atoms with Gasteiger partial charge in [-0.2, -0.15) is 11.8 Å². The van der Waals surface area contributed by atoms with Gasteiger partial charge in [0.05, 0.1) is 5.75 Å². The number of carboxylic acid groups (broad SMARTS) is 1. The van der Waals surface area contributed by atoms with Crippen LogP contribution < -0.4 is 5.32 Å². The number of rotatable bonds is 5. The number of carbonyl (C=O) groups is 2. The summed E-state index contributed by atoms with van der Waals surface area (Å²) in [4.78, 5) is 22.5. The molecule has 0 radical (unpaired) electrons. The lowest BCUT2D eigenvalue weighted by atomic mass is 10.0. The maximum Gasteiger partial charge on any atom is 0.330 e. The van der Waals surface area contributed by atoms with Gasteiger partial charge in [-0.05, 0) is 30.4 Å². The number of thioether (sulfide) groups is 1. The maximum absolute atomic E-state index is 13.1. The fourth-order valence-corrected chi connectivity index (χ4v) is 1.81. The second-order valence-corrected chi connectivity index (χ2v) is 4.65. The molecule has 0 fully saturated rings. The van der Waals surface area contributed by atoms with E-state index in [0.29, 0.717) is 11.1 Å². The molecule has 0 saturated carbocycles. The lowest BCUT2D eigenvalue weighted by Crippen LogP contribution is -2.34. The molecule has 1 aromatic carbocycles. The van der Waals surface area contributed by atoms with Gasteiger partial charge in [0.15, 0.2) is 6.04 Å². The highest BCUT2D eigenvalue weighted by atomic mass is 32.2. The minimum absolute atomic E-state index is 0.184. The van der Waals surface area contributed by atoms with Gasteiger partial charge < -0.3 is 10.4 Å². The molecule has 1 atom stereocenters. The van der Waals surface area contributed by atoms with E-state index in [2.05, 4.69) is 5.32 Å². The molecule has 1 aromatic rings. The van der Waals surface area contributed by atoms with E-state index in [-0.39, 0.29) is 11.7 Å². The van der Waals surface area contributed by atoms with E-state index in [4.69, 9.17) is 5.11 Å². The van der Waals surface area contributed by atoms with Gasteiger partial charge in [-0.1, -0.05) is 12.1 Å². The first kappa shape index (κ1) is 14.5. The van der Waals surface area contributed by atoms with Crippen molar-refractivity contribution in [1.82, 2.24) is 5.32 Å². The minimum atomic E-state index is -1.17. The molecule has 0 aliphatic carbocycles. The third-order valence-corrected chi connectivity index (χ3v) is 2.89. The molecule has 0 aromatic heterocycles. The van der Waals surface area contributed by atoms with Crippen molar-refractivity contribution in [3.8, 4) is 0 Å². The lowest BCUT2D eigenvalue weighted by Gasteiger charge is -2.15. The Morgan fingerprint density at radius 2 is 2.17 bits per heavy atom. The predicted molar refractivity (Wildman–Crippen MR) is 68.0 cm³/mol. The van der Waals surface area contributed by atoms with Gasteiger partial charge in [0, 0.05) is 0 Å². The SMILES string of the molecule is CSCC(=O)NC(C(=O)O)c1ccc(F)c(C)c1. The van der Waals surface area contributed by atoms with Crippen molar-refractivity contribution >= 4 is 23.6 Å².